The molecule has 0 bridgehead atoms. The Bertz CT molecular complexity index is 682. The molecule has 4 heteroatoms. The number of para-hydroxylation sites is 1. The molecule has 110 valence electrons. The van der Waals surface area contributed by atoms with Crippen LogP contribution in [0.25, 0.3) is 11.0 Å². The fourth-order valence-electron chi connectivity index (χ4n) is 2.34. The zero-order valence-electron chi connectivity index (χ0n) is 12.2. The second-order valence-corrected chi connectivity index (χ2v) is 6.49. The second kappa shape index (κ2) is 5.64. The number of fused-ring (bicyclic) bond motifs is 1. The summed E-state index contributed by atoms with van der Waals surface area (Å²) in [4.78, 5) is 0.965. The van der Waals surface area contributed by atoms with Crippen LogP contribution in [0.5, 0.6) is 0 Å². The molecular formula is C17H19NO2S. The molecule has 21 heavy (non-hydrogen) atoms. The average molecular weight is 301 g/mol. The van der Waals surface area contributed by atoms with E-state index >= 15 is 0 Å². The molecule has 3 rings (SSSR count). The van der Waals surface area contributed by atoms with Crippen molar-refractivity contribution in [3.05, 3.63) is 58.5 Å². The summed E-state index contributed by atoms with van der Waals surface area (Å²) in [7, 11) is 0. The molecule has 0 spiro atoms. The van der Waals surface area contributed by atoms with Gasteiger partial charge in [-0.2, -0.15) is 0 Å². The number of rotatable bonds is 5. The Morgan fingerprint density at radius 1 is 1.29 bits per heavy atom. The number of hydrogen-bond donors (Lipinski definition) is 2. The zero-order chi connectivity index (χ0) is 14.9. The van der Waals surface area contributed by atoms with Crippen molar-refractivity contribution in [2.75, 3.05) is 6.54 Å². The van der Waals surface area contributed by atoms with Crippen molar-refractivity contribution in [3.8, 4) is 0 Å². The summed E-state index contributed by atoms with van der Waals surface area (Å²) < 4.78 is 5.84. The number of thiophene rings is 1. The van der Waals surface area contributed by atoms with Gasteiger partial charge >= 0.3 is 0 Å². The summed E-state index contributed by atoms with van der Waals surface area (Å²) in [6, 6.07) is 14.0. The standard InChI is InChI=1S/C17H19NO2S/c1-12(15-10-13-6-3-4-7-14(13)20-15)18-11-17(2,19)16-8-5-9-21-16/h3-10,12,18-19H,11H2,1-2H3/t12-,17-/m1/s1. The van der Waals surface area contributed by atoms with Crippen molar-refractivity contribution in [2.24, 2.45) is 0 Å². The van der Waals surface area contributed by atoms with Crippen molar-refractivity contribution in [1.29, 1.82) is 0 Å². The Balaban J connectivity index is 1.70. The monoisotopic (exact) mass is 301 g/mol. The van der Waals surface area contributed by atoms with Crippen molar-refractivity contribution >= 4 is 22.3 Å². The lowest BCUT2D eigenvalue weighted by Gasteiger charge is -2.24. The molecule has 3 nitrogen and oxygen atoms in total. The number of furan rings is 1. The highest BCUT2D eigenvalue weighted by Gasteiger charge is 2.25. The first-order valence-electron chi connectivity index (χ1n) is 7.04. The molecule has 0 aliphatic heterocycles. The maximum absolute atomic E-state index is 10.5. The quantitative estimate of drug-likeness (QED) is 0.747. The number of aliphatic hydroxyl groups is 1. The van der Waals surface area contributed by atoms with Crippen LogP contribution in [0.4, 0.5) is 0 Å². The normalized spacial score (nSPS) is 16.0. The van der Waals surface area contributed by atoms with Crippen LogP contribution < -0.4 is 5.32 Å². The van der Waals surface area contributed by atoms with Crippen LogP contribution in [0.2, 0.25) is 0 Å². The highest BCUT2D eigenvalue weighted by atomic mass is 32.1. The van der Waals surface area contributed by atoms with Gasteiger partial charge in [-0.25, -0.2) is 0 Å². The van der Waals surface area contributed by atoms with E-state index < -0.39 is 5.60 Å². The summed E-state index contributed by atoms with van der Waals surface area (Å²) in [5, 5.41) is 17.0. The third-order valence-corrected chi connectivity index (χ3v) is 4.80. The van der Waals surface area contributed by atoms with Crippen LogP contribution in [-0.2, 0) is 5.60 Å². The van der Waals surface area contributed by atoms with Crippen LogP contribution in [-0.4, -0.2) is 11.7 Å². The molecule has 0 unspecified atom stereocenters. The Kier molecular flexibility index (Phi) is 3.85. The highest BCUT2D eigenvalue weighted by Crippen LogP contribution is 2.27. The maximum atomic E-state index is 10.5. The third-order valence-electron chi connectivity index (χ3n) is 3.68. The zero-order valence-corrected chi connectivity index (χ0v) is 13.0. The van der Waals surface area contributed by atoms with Gasteiger partial charge in [0.25, 0.3) is 0 Å². The van der Waals surface area contributed by atoms with Crippen molar-refractivity contribution in [2.45, 2.75) is 25.5 Å². The molecule has 3 aromatic rings. The van der Waals surface area contributed by atoms with Crippen LogP contribution in [0.3, 0.4) is 0 Å². The summed E-state index contributed by atoms with van der Waals surface area (Å²) in [6.07, 6.45) is 0. The van der Waals surface area contributed by atoms with Gasteiger partial charge in [0, 0.05) is 16.8 Å². The van der Waals surface area contributed by atoms with Crippen LogP contribution in [0.15, 0.2) is 52.3 Å². The Labute approximate surface area is 128 Å². The first-order valence-corrected chi connectivity index (χ1v) is 7.92. The molecule has 0 amide bonds. The van der Waals surface area contributed by atoms with E-state index in [2.05, 4.69) is 5.32 Å². The van der Waals surface area contributed by atoms with E-state index in [1.54, 1.807) is 11.3 Å². The van der Waals surface area contributed by atoms with Gasteiger partial charge in [0.2, 0.25) is 0 Å². The summed E-state index contributed by atoms with van der Waals surface area (Å²) in [6.45, 7) is 4.35. The predicted molar refractivity (Wildman–Crippen MR) is 86.5 cm³/mol. The van der Waals surface area contributed by atoms with E-state index in [-0.39, 0.29) is 6.04 Å². The van der Waals surface area contributed by atoms with Crippen LogP contribution >= 0.6 is 11.3 Å². The van der Waals surface area contributed by atoms with Gasteiger partial charge in [-0.05, 0) is 37.4 Å². The Morgan fingerprint density at radius 3 is 2.81 bits per heavy atom. The minimum Gasteiger partial charge on any atom is -0.459 e. The summed E-state index contributed by atoms with van der Waals surface area (Å²) in [5.74, 6) is 0.887. The van der Waals surface area contributed by atoms with E-state index in [1.165, 1.54) is 0 Å². The molecule has 1 aromatic carbocycles. The molecule has 2 aromatic heterocycles. The first kappa shape index (κ1) is 14.3. The highest BCUT2D eigenvalue weighted by molar-refractivity contribution is 7.10. The van der Waals surface area contributed by atoms with Crippen molar-refractivity contribution < 1.29 is 9.52 Å². The predicted octanol–water partition coefficient (Wildman–Crippen LogP) is 4.05. The van der Waals surface area contributed by atoms with Gasteiger partial charge in [0.15, 0.2) is 0 Å². The SMILES string of the molecule is C[C@@H](NC[C@@](C)(O)c1cccs1)c1cc2ccccc2o1. The number of nitrogens with one attached hydrogen (secondary N) is 1. The van der Waals surface area contributed by atoms with Crippen LogP contribution in [0, 0.1) is 0 Å². The van der Waals surface area contributed by atoms with Crippen molar-refractivity contribution in [3.63, 3.8) is 0 Å². The minimum absolute atomic E-state index is 0.0452. The Hall–Kier alpha value is -1.62. The van der Waals surface area contributed by atoms with E-state index in [0.717, 1.165) is 21.6 Å². The molecule has 0 fully saturated rings. The van der Waals surface area contributed by atoms with E-state index in [9.17, 15) is 5.11 Å². The average Bonchev–Trinajstić information content (AvgIpc) is 3.13. The lowest BCUT2D eigenvalue weighted by atomic mass is 10.0. The molecule has 2 atom stereocenters. The van der Waals surface area contributed by atoms with Gasteiger partial charge < -0.3 is 14.8 Å². The van der Waals surface area contributed by atoms with E-state index in [0.29, 0.717) is 6.54 Å². The van der Waals surface area contributed by atoms with Gasteiger partial charge in [-0.15, -0.1) is 11.3 Å². The van der Waals surface area contributed by atoms with Gasteiger partial charge in [-0.3, -0.25) is 0 Å². The molecule has 0 saturated carbocycles. The van der Waals surface area contributed by atoms with Gasteiger partial charge in [0.05, 0.1) is 6.04 Å². The maximum Gasteiger partial charge on any atom is 0.134 e. The van der Waals surface area contributed by atoms with Gasteiger partial charge in [-0.1, -0.05) is 24.3 Å². The molecule has 0 aliphatic rings. The molecular weight excluding hydrogens is 282 g/mol. The largest absolute Gasteiger partial charge is 0.459 e. The van der Waals surface area contributed by atoms with Gasteiger partial charge in [0.1, 0.15) is 16.9 Å². The summed E-state index contributed by atoms with van der Waals surface area (Å²) in [5.41, 5.74) is 0.0280. The van der Waals surface area contributed by atoms with E-state index in [1.807, 2.05) is 61.7 Å². The number of hydrogen-bond acceptors (Lipinski definition) is 4. The molecule has 2 N–H and O–H groups in total. The molecule has 0 aliphatic carbocycles. The fourth-order valence-corrected chi connectivity index (χ4v) is 3.13. The summed E-state index contributed by atoms with van der Waals surface area (Å²) >= 11 is 1.57. The number of benzene rings is 1. The first-order chi connectivity index (χ1) is 10.1. The van der Waals surface area contributed by atoms with Crippen molar-refractivity contribution in [1.82, 2.24) is 5.32 Å². The topological polar surface area (TPSA) is 45.4 Å². The van der Waals surface area contributed by atoms with E-state index in [4.69, 9.17) is 4.42 Å². The minimum atomic E-state index is -0.867. The van der Waals surface area contributed by atoms with Crippen LogP contribution in [0.1, 0.15) is 30.5 Å². The second-order valence-electron chi connectivity index (χ2n) is 5.54. The smallest absolute Gasteiger partial charge is 0.134 e. The molecule has 2 heterocycles. The molecule has 0 saturated heterocycles. The molecule has 0 radical (unpaired) electrons. The lowest BCUT2D eigenvalue weighted by molar-refractivity contribution is 0.0574. The Morgan fingerprint density at radius 2 is 2.10 bits per heavy atom. The fraction of sp³-hybridized carbons (Fsp3) is 0.294. The third kappa shape index (κ3) is 3.02. The lowest BCUT2D eigenvalue weighted by Crippen LogP contribution is -2.35.